The minimum Gasteiger partial charge on any atom is -0.326 e. The van der Waals surface area contributed by atoms with Crippen LogP contribution in [-0.2, 0) is 4.79 Å². The zero-order valence-electron chi connectivity index (χ0n) is 11.1. The summed E-state index contributed by atoms with van der Waals surface area (Å²) in [6, 6.07) is 1.49. The van der Waals surface area contributed by atoms with E-state index in [9.17, 15) is 18.0 Å². The Labute approximate surface area is 110 Å². The molecule has 0 saturated carbocycles. The summed E-state index contributed by atoms with van der Waals surface area (Å²) in [6.07, 6.45) is 0.151. The molecule has 0 fully saturated rings. The Morgan fingerprint density at radius 2 is 1.68 bits per heavy atom. The van der Waals surface area contributed by atoms with Crippen molar-refractivity contribution in [3.63, 3.8) is 0 Å². The highest BCUT2D eigenvalue weighted by Crippen LogP contribution is 2.17. The van der Waals surface area contributed by atoms with Crippen molar-refractivity contribution in [2.45, 2.75) is 32.7 Å². The third-order valence-corrected chi connectivity index (χ3v) is 2.27. The Balaban J connectivity index is 2.53. The van der Waals surface area contributed by atoms with Crippen molar-refractivity contribution in [1.29, 1.82) is 0 Å². The van der Waals surface area contributed by atoms with Crippen molar-refractivity contribution in [3.8, 4) is 0 Å². The molecule has 0 atom stereocenters. The summed E-state index contributed by atoms with van der Waals surface area (Å²) in [4.78, 5) is 11.5. The van der Waals surface area contributed by atoms with Crippen molar-refractivity contribution < 1.29 is 18.0 Å². The van der Waals surface area contributed by atoms with E-state index < -0.39 is 23.4 Å². The van der Waals surface area contributed by atoms with Crippen LogP contribution in [-0.4, -0.2) is 18.0 Å². The lowest BCUT2D eigenvalue weighted by Gasteiger charge is -2.20. The molecule has 0 aliphatic carbocycles. The first kappa shape index (κ1) is 15.5. The molecule has 1 aromatic rings. The first-order chi connectivity index (χ1) is 8.69. The standard InChI is InChI=1S/C13H17F3N2O/c1-13(2,3)17-5-4-11(19)18-8-6-9(14)12(16)10(15)7-8/h6-7,17H,4-5H2,1-3H3,(H,18,19). The molecule has 0 heterocycles. The quantitative estimate of drug-likeness (QED) is 0.829. The first-order valence-electron chi connectivity index (χ1n) is 5.88. The van der Waals surface area contributed by atoms with Crippen molar-refractivity contribution in [2.75, 3.05) is 11.9 Å². The summed E-state index contributed by atoms with van der Waals surface area (Å²) in [5.41, 5.74) is -0.217. The first-order valence-corrected chi connectivity index (χ1v) is 5.88. The Morgan fingerprint density at radius 3 is 2.16 bits per heavy atom. The number of halogens is 3. The summed E-state index contributed by atoms with van der Waals surface area (Å²) in [5.74, 6) is -4.61. The zero-order valence-corrected chi connectivity index (χ0v) is 11.1. The maximum atomic E-state index is 12.9. The molecular weight excluding hydrogens is 257 g/mol. The summed E-state index contributed by atoms with van der Waals surface area (Å²) in [5, 5.41) is 5.41. The fourth-order valence-electron chi connectivity index (χ4n) is 1.40. The molecule has 2 N–H and O–H groups in total. The summed E-state index contributed by atoms with van der Waals surface area (Å²) in [6.45, 7) is 6.29. The second-order valence-electron chi connectivity index (χ2n) is 5.23. The highest BCUT2D eigenvalue weighted by atomic mass is 19.2. The molecule has 6 heteroatoms. The van der Waals surface area contributed by atoms with E-state index in [0.29, 0.717) is 6.54 Å². The predicted molar refractivity (Wildman–Crippen MR) is 67.3 cm³/mol. The minimum atomic E-state index is -1.55. The van der Waals surface area contributed by atoms with E-state index in [1.165, 1.54) is 0 Å². The monoisotopic (exact) mass is 274 g/mol. The van der Waals surface area contributed by atoms with E-state index in [1.807, 2.05) is 20.8 Å². The second kappa shape index (κ2) is 6.06. The van der Waals surface area contributed by atoms with E-state index in [0.717, 1.165) is 12.1 Å². The molecule has 1 aromatic carbocycles. The molecule has 19 heavy (non-hydrogen) atoms. The topological polar surface area (TPSA) is 41.1 Å². The molecule has 0 unspecified atom stereocenters. The molecule has 1 amide bonds. The molecule has 0 aliphatic rings. The molecule has 0 aliphatic heterocycles. The molecule has 0 radical (unpaired) electrons. The van der Waals surface area contributed by atoms with E-state index in [-0.39, 0.29) is 17.6 Å². The second-order valence-corrected chi connectivity index (χ2v) is 5.23. The third-order valence-electron chi connectivity index (χ3n) is 2.27. The van der Waals surface area contributed by atoms with Gasteiger partial charge in [-0.25, -0.2) is 13.2 Å². The van der Waals surface area contributed by atoms with E-state index >= 15 is 0 Å². The lowest BCUT2D eigenvalue weighted by atomic mass is 10.1. The van der Waals surface area contributed by atoms with Gasteiger partial charge in [-0.1, -0.05) is 0 Å². The van der Waals surface area contributed by atoms with Gasteiger partial charge < -0.3 is 10.6 Å². The summed E-state index contributed by atoms with van der Waals surface area (Å²) >= 11 is 0. The molecule has 3 nitrogen and oxygen atoms in total. The number of rotatable bonds is 4. The molecule has 1 rings (SSSR count). The van der Waals surface area contributed by atoms with Crippen LogP contribution in [0.25, 0.3) is 0 Å². The van der Waals surface area contributed by atoms with E-state index in [1.54, 1.807) is 0 Å². The lowest BCUT2D eigenvalue weighted by Crippen LogP contribution is -2.37. The van der Waals surface area contributed by atoms with Gasteiger partial charge in [0.05, 0.1) is 0 Å². The van der Waals surface area contributed by atoms with Crippen LogP contribution in [0.1, 0.15) is 27.2 Å². The average molecular weight is 274 g/mol. The van der Waals surface area contributed by atoms with Crippen LogP contribution in [0.5, 0.6) is 0 Å². The molecule has 0 bridgehead atoms. The van der Waals surface area contributed by atoms with Crippen molar-refractivity contribution in [3.05, 3.63) is 29.6 Å². The van der Waals surface area contributed by atoms with Gasteiger partial charge in [0.2, 0.25) is 5.91 Å². The highest BCUT2D eigenvalue weighted by molar-refractivity contribution is 5.90. The molecular formula is C13H17F3N2O. The summed E-state index contributed by atoms with van der Waals surface area (Å²) in [7, 11) is 0. The van der Waals surface area contributed by atoms with Gasteiger partial charge in [0.15, 0.2) is 17.5 Å². The van der Waals surface area contributed by atoms with Gasteiger partial charge in [-0.3, -0.25) is 4.79 Å². The van der Waals surface area contributed by atoms with Crippen molar-refractivity contribution in [2.24, 2.45) is 0 Å². The molecule has 0 saturated heterocycles. The average Bonchev–Trinajstić information content (AvgIpc) is 2.23. The van der Waals surface area contributed by atoms with Gasteiger partial charge in [-0.15, -0.1) is 0 Å². The van der Waals surface area contributed by atoms with Gasteiger partial charge in [0.25, 0.3) is 0 Å². The van der Waals surface area contributed by atoms with Crippen LogP contribution in [0.3, 0.4) is 0 Å². The van der Waals surface area contributed by atoms with Crippen LogP contribution < -0.4 is 10.6 Å². The summed E-state index contributed by atoms with van der Waals surface area (Å²) < 4.78 is 38.5. The Hall–Kier alpha value is -1.56. The van der Waals surface area contributed by atoms with Crippen LogP contribution in [0.15, 0.2) is 12.1 Å². The van der Waals surface area contributed by atoms with E-state index in [2.05, 4.69) is 10.6 Å². The number of carbonyl (C=O) groups excluding carboxylic acids is 1. The van der Waals surface area contributed by atoms with Gasteiger partial charge in [-0.05, 0) is 20.8 Å². The normalized spacial score (nSPS) is 11.5. The SMILES string of the molecule is CC(C)(C)NCCC(=O)Nc1cc(F)c(F)c(F)c1. The molecule has 0 aromatic heterocycles. The Kier molecular flexibility index (Phi) is 4.94. The number of amides is 1. The minimum absolute atomic E-state index is 0.0999. The largest absolute Gasteiger partial charge is 0.326 e. The fraction of sp³-hybridized carbons (Fsp3) is 0.462. The number of carbonyl (C=O) groups is 1. The molecule has 0 spiro atoms. The van der Waals surface area contributed by atoms with Crippen molar-refractivity contribution in [1.82, 2.24) is 5.32 Å². The Bertz CT molecular complexity index is 446. The van der Waals surface area contributed by atoms with Gasteiger partial charge in [0, 0.05) is 36.3 Å². The maximum Gasteiger partial charge on any atom is 0.225 e. The molecule has 106 valence electrons. The van der Waals surface area contributed by atoms with Crippen molar-refractivity contribution >= 4 is 11.6 Å². The van der Waals surface area contributed by atoms with Gasteiger partial charge in [-0.2, -0.15) is 0 Å². The highest BCUT2D eigenvalue weighted by Gasteiger charge is 2.13. The Morgan fingerprint density at radius 1 is 1.16 bits per heavy atom. The number of hydrogen-bond donors (Lipinski definition) is 2. The smallest absolute Gasteiger partial charge is 0.225 e. The number of nitrogens with one attached hydrogen (secondary N) is 2. The van der Waals surface area contributed by atoms with E-state index in [4.69, 9.17) is 0 Å². The van der Waals surface area contributed by atoms with Crippen LogP contribution in [0, 0.1) is 17.5 Å². The fourth-order valence-corrected chi connectivity index (χ4v) is 1.40. The zero-order chi connectivity index (χ0) is 14.6. The third kappa shape index (κ3) is 5.30. The van der Waals surface area contributed by atoms with Crippen LogP contribution >= 0.6 is 0 Å². The maximum absolute atomic E-state index is 12.9. The number of benzene rings is 1. The number of hydrogen-bond acceptors (Lipinski definition) is 2. The lowest BCUT2D eigenvalue weighted by molar-refractivity contribution is -0.116. The predicted octanol–water partition coefficient (Wildman–Crippen LogP) is 2.82. The van der Waals surface area contributed by atoms with Gasteiger partial charge in [0.1, 0.15) is 0 Å². The number of anilines is 1. The van der Waals surface area contributed by atoms with Crippen LogP contribution in [0.4, 0.5) is 18.9 Å². The van der Waals surface area contributed by atoms with Gasteiger partial charge >= 0.3 is 0 Å². The van der Waals surface area contributed by atoms with Crippen LogP contribution in [0.2, 0.25) is 0 Å².